The van der Waals surface area contributed by atoms with Gasteiger partial charge in [0.1, 0.15) is 17.3 Å². The van der Waals surface area contributed by atoms with Gasteiger partial charge in [-0.15, -0.1) is 23.1 Å². The fourth-order valence-corrected chi connectivity index (χ4v) is 4.24. The molecule has 0 saturated heterocycles. The second-order valence-electron chi connectivity index (χ2n) is 6.84. The molecule has 0 bridgehead atoms. The number of thioether (sulfide) groups is 1. The Labute approximate surface area is 200 Å². The van der Waals surface area contributed by atoms with Crippen molar-refractivity contribution in [2.24, 2.45) is 10.1 Å². The van der Waals surface area contributed by atoms with Gasteiger partial charge < -0.3 is 4.74 Å². The molecule has 4 rings (SSSR count). The highest BCUT2D eigenvalue weighted by Gasteiger charge is 2.11. The van der Waals surface area contributed by atoms with E-state index in [1.165, 1.54) is 34.2 Å². The van der Waals surface area contributed by atoms with Crippen molar-refractivity contribution in [1.29, 1.82) is 0 Å². The lowest BCUT2D eigenvalue weighted by atomic mass is 10.2. The van der Waals surface area contributed by atoms with Crippen LogP contribution in [0.3, 0.4) is 0 Å². The van der Waals surface area contributed by atoms with E-state index in [1.54, 1.807) is 35.5 Å². The lowest BCUT2D eigenvalue weighted by molar-refractivity contribution is -0.0498. The van der Waals surface area contributed by atoms with E-state index >= 15 is 0 Å². The van der Waals surface area contributed by atoms with Crippen molar-refractivity contribution in [2.75, 3.05) is 6.26 Å². The lowest BCUT2D eigenvalue weighted by Crippen LogP contribution is -2.11. The maximum Gasteiger partial charge on any atom is 0.387 e. The average Bonchev–Trinajstić information content (AvgIpc) is 3.22. The standard InChI is InChI=1S/C24H17F4N3OS2/c1-33-19-9-2-15(3-10-19)13-29-31-22(16-4-7-18(8-5-16)32-23(27)28)14-34-24(31)30-21-11-6-17(25)12-20(21)26/h2-14,23H,1H3/b29-13-,30-24?. The van der Waals surface area contributed by atoms with Gasteiger partial charge in [-0.2, -0.15) is 13.9 Å². The highest BCUT2D eigenvalue weighted by Crippen LogP contribution is 2.25. The van der Waals surface area contributed by atoms with E-state index in [1.807, 2.05) is 30.5 Å². The molecular formula is C24H17F4N3OS2. The summed E-state index contributed by atoms with van der Waals surface area (Å²) in [6.45, 7) is -2.92. The number of hydrogen-bond donors (Lipinski definition) is 0. The van der Waals surface area contributed by atoms with Crippen LogP contribution in [-0.2, 0) is 0 Å². The van der Waals surface area contributed by atoms with Crippen molar-refractivity contribution in [1.82, 2.24) is 4.68 Å². The number of thiazole rings is 1. The van der Waals surface area contributed by atoms with Gasteiger partial charge >= 0.3 is 6.61 Å². The first-order chi connectivity index (χ1) is 16.4. The summed E-state index contributed by atoms with van der Waals surface area (Å²) in [5.41, 5.74) is 2.06. The maximum absolute atomic E-state index is 14.2. The number of rotatable bonds is 7. The molecular weight excluding hydrogens is 486 g/mol. The van der Waals surface area contributed by atoms with Crippen molar-refractivity contribution in [3.05, 3.63) is 94.1 Å². The van der Waals surface area contributed by atoms with E-state index in [4.69, 9.17) is 0 Å². The molecule has 0 amide bonds. The van der Waals surface area contributed by atoms with Gasteiger partial charge in [0, 0.05) is 21.9 Å². The van der Waals surface area contributed by atoms with Gasteiger partial charge in [-0.3, -0.25) is 0 Å². The molecule has 1 aromatic heterocycles. The number of alkyl halides is 2. The Bertz CT molecular complexity index is 1360. The van der Waals surface area contributed by atoms with Crippen molar-refractivity contribution in [2.45, 2.75) is 11.5 Å². The number of nitrogens with zero attached hydrogens (tertiary/aromatic N) is 3. The van der Waals surface area contributed by atoms with E-state index in [-0.39, 0.29) is 11.4 Å². The monoisotopic (exact) mass is 503 g/mol. The summed E-state index contributed by atoms with van der Waals surface area (Å²) in [4.78, 5) is 5.77. The minimum atomic E-state index is -2.92. The first-order valence-electron chi connectivity index (χ1n) is 9.87. The molecule has 0 aliphatic heterocycles. The van der Waals surface area contributed by atoms with Crippen LogP contribution < -0.4 is 9.54 Å². The van der Waals surface area contributed by atoms with Gasteiger partial charge in [-0.05, 0) is 60.4 Å². The fraction of sp³-hybridized carbons (Fsp3) is 0.0833. The number of halogens is 4. The second-order valence-corrected chi connectivity index (χ2v) is 8.56. The topological polar surface area (TPSA) is 38.9 Å². The van der Waals surface area contributed by atoms with Crippen molar-refractivity contribution in [3.63, 3.8) is 0 Å². The first kappa shape index (κ1) is 23.8. The molecule has 0 spiro atoms. The van der Waals surface area contributed by atoms with Gasteiger partial charge in [0.15, 0.2) is 5.82 Å². The maximum atomic E-state index is 14.2. The van der Waals surface area contributed by atoms with Crippen molar-refractivity contribution >= 4 is 35.0 Å². The van der Waals surface area contributed by atoms with Crippen molar-refractivity contribution in [3.8, 4) is 17.0 Å². The molecule has 0 aliphatic rings. The van der Waals surface area contributed by atoms with E-state index < -0.39 is 18.2 Å². The molecule has 0 fully saturated rings. The number of benzene rings is 3. The Morgan fingerprint density at radius 2 is 1.74 bits per heavy atom. The Morgan fingerprint density at radius 3 is 2.38 bits per heavy atom. The summed E-state index contributed by atoms with van der Waals surface area (Å²) in [6.07, 6.45) is 3.62. The van der Waals surface area contributed by atoms with Gasteiger partial charge in [-0.25, -0.2) is 18.4 Å². The molecule has 0 aliphatic carbocycles. The molecule has 0 saturated carbocycles. The lowest BCUT2D eigenvalue weighted by Gasteiger charge is -2.07. The zero-order chi connectivity index (χ0) is 24.1. The SMILES string of the molecule is CSc1ccc(/C=N\n2c(-c3ccc(OC(F)F)cc3)csc2=Nc2ccc(F)cc2F)cc1. The molecule has 1 heterocycles. The van der Waals surface area contributed by atoms with Gasteiger partial charge in [0.2, 0.25) is 4.80 Å². The molecule has 0 unspecified atom stereocenters. The summed E-state index contributed by atoms with van der Waals surface area (Å²) in [6, 6.07) is 16.9. The Morgan fingerprint density at radius 1 is 1.00 bits per heavy atom. The minimum absolute atomic E-state index is 0.0243. The molecule has 174 valence electrons. The van der Waals surface area contributed by atoms with Crippen LogP contribution in [0.4, 0.5) is 23.2 Å². The molecule has 0 N–H and O–H groups in total. The van der Waals surface area contributed by atoms with E-state index in [9.17, 15) is 17.6 Å². The fourth-order valence-electron chi connectivity index (χ4n) is 2.98. The summed E-state index contributed by atoms with van der Waals surface area (Å²) in [5.74, 6) is -1.48. The summed E-state index contributed by atoms with van der Waals surface area (Å²) >= 11 is 2.82. The number of hydrogen-bond acceptors (Lipinski definition) is 5. The summed E-state index contributed by atoms with van der Waals surface area (Å²) in [7, 11) is 0. The third-order valence-electron chi connectivity index (χ3n) is 4.62. The Kier molecular flexibility index (Phi) is 7.49. The predicted octanol–water partition coefficient (Wildman–Crippen LogP) is 6.93. The van der Waals surface area contributed by atoms with Crippen LogP contribution in [0.2, 0.25) is 0 Å². The molecule has 34 heavy (non-hydrogen) atoms. The Balaban J connectivity index is 1.78. The average molecular weight is 504 g/mol. The van der Waals surface area contributed by atoms with Crippen molar-refractivity contribution < 1.29 is 22.3 Å². The summed E-state index contributed by atoms with van der Waals surface area (Å²) in [5, 5.41) is 6.30. The number of aromatic nitrogens is 1. The summed E-state index contributed by atoms with van der Waals surface area (Å²) < 4.78 is 58.4. The van der Waals surface area contributed by atoms with E-state index in [0.29, 0.717) is 16.1 Å². The van der Waals surface area contributed by atoms with Gasteiger partial charge in [-0.1, -0.05) is 12.1 Å². The molecule has 4 nitrogen and oxygen atoms in total. The zero-order valence-corrected chi connectivity index (χ0v) is 19.3. The van der Waals surface area contributed by atoms with Gasteiger partial charge in [0.05, 0.1) is 11.9 Å². The van der Waals surface area contributed by atoms with Crippen LogP contribution in [-0.4, -0.2) is 23.8 Å². The van der Waals surface area contributed by atoms with Crippen LogP contribution in [0.25, 0.3) is 11.3 Å². The molecule has 0 atom stereocenters. The van der Waals surface area contributed by atoms with Crippen LogP contribution in [0, 0.1) is 11.6 Å². The smallest absolute Gasteiger partial charge is 0.387 e. The normalized spacial score (nSPS) is 12.1. The molecule has 0 radical (unpaired) electrons. The third kappa shape index (κ3) is 5.75. The minimum Gasteiger partial charge on any atom is -0.435 e. The highest BCUT2D eigenvalue weighted by molar-refractivity contribution is 7.98. The quantitative estimate of drug-likeness (QED) is 0.156. The van der Waals surface area contributed by atoms with Crippen LogP contribution in [0.15, 0.2) is 87.1 Å². The van der Waals surface area contributed by atoms with Crippen LogP contribution in [0.5, 0.6) is 5.75 Å². The third-order valence-corrected chi connectivity index (χ3v) is 6.18. The zero-order valence-electron chi connectivity index (χ0n) is 17.7. The van der Waals surface area contributed by atoms with Crippen LogP contribution >= 0.6 is 23.1 Å². The van der Waals surface area contributed by atoms with E-state index in [0.717, 1.165) is 22.6 Å². The largest absolute Gasteiger partial charge is 0.435 e. The highest BCUT2D eigenvalue weighted by atomic mass is 32.2. The van der Waals surface area contributed by atoms with Gasteiger partial charge in [0.25, 0.3) is 0 Å². The Hall–Kier alpha value is -3.37. The molecule has 4 aromatic rings. The first-order valence-corrected chi connectivity index (χ1v) is 12.0. The molecule has 10 heteroatoms. The predicted molar refractivity (Wildman–Crippen MR) is 127 cm³/mol. The second kappa shape index (κ2) is 10.7. The van der Waals surface area contributed by atoms with Crippen LogP contribution in [0.1, 0.15) is 5.56 Å². The molecule has 3 aromatic carbocycles. The van der Waals surface area contributed by atoms with E-state index in [2.05, 4.69) is 14.8 Å². The number of ether oxygens (including phenoxy) is 1.